The quantitative estimate of drug-likeness (QED) is 0.907. The number of hydrogen-bond donors (Lipinski definition) is 1. The SMILES string of the molecule is CCCN1C(=O)C(O)=C(C(=O)CC)C1c1cccc2ccccc12. The van der Waals surface area contributed by atoms with Crippen LogP contribution in [0.4, 0.5) is 0 Å². The molecule has 4 nitrogen and oxygen atoms in total. The van der Waals surface area contributed by atoms with E-state index in [1.807, 2.05) is 49.4 Å². The molecule has 3 rings (SSSR count). The van der Waals surface area contributed by atoms with E-state index in [1.54, 1.807) is 11.8 Å². The van der Waals surface area contributed by atoms with Crippen LogP contribution in [0.2, 0.25) is 0 Å². The number of amides is 1. The normalized spacial score (nSPS) is 17.8. The Morgan fingerprint density at radius 3 is 2.54 bits per heavy atom. The number of carbonyl (C=O) groups excluding carboxylic acids is 2. The molecule has 2 aromatic carbocycles. The van der Waals surface area contributed by atoms with Crippen LogP contribution >= 0.6 is 0 Å². The van der Waals surface area contributed by atoms with Crippen LogP contribution in [0.3, 0.4) is 0 Å². The van der Waals surface area contributed by atoms with Gasteiger partial charge in [-0.05, 0) is 22.8 Å². The van der Waals surface area contributed by atoms with Crippen LogP contribution in [-0.2, 0) is 9.59 Å². The molecule has 0 aromatic heterocycles. The van der Waals surface area contributed by atoms with Gasteiger partial charge in [-0.3, -0.25) is 9.59 Å². The van der Waals surface area contributed by atoms with Gasteiger partial charge >= 0.3 is 0 Å². The zero-order chi connectivity index (χ0) is 17.3. The van der Waals surface area contributed by atoms with Crippen molar-refractivity contribution in [3.05, 3.63) is 59.4 Å². The summed E-state index contributed by atoms with van der Waals surface area (Å²) in [5, 5.41) is 12.4. The van der Waals surface area contributed by atoms with Crippen LogP contribution in [0.1, 0.15) is 38.3 Å². The van der Waals surface area contributed by atoms with Gasteiger partial charge in [-0.2, -0.15) is 0 Å². The average molecular weight is 323 g/mol. The summed E-state index contributed by atoms with van der Waals surface area (Å²) in [7, 11) is 0. The minimum absolute atomic E-state index is 0.183. The molecule has 1 N–H and O–H groups in total. The fourth-order valence-electron chi connectivity index (χ4n) is 3.41. The molecule has 0 saturated heterocycles. The van der Waals surface area contributed by atoms with Crippen molar-refractivity contribution in [3.63, 3.8) is 0 Å². The van der Waals surface area contributed by atoms with Crippen LogP contribution in [0.15, 0.2) is 53.8 Å². The van der Waals surface area contributed by atoms with E-state index in [0.29, 0.717) is 6.54 Å². The van der Waals surface area contributed by atoms with Gasteiger partial charge in [-0.25, -0.2) is 0 Å². The summed E-state index contributed by atoms with van der Waals surface area (Å²) in [5.41, 5.74) is 1.11. The first-order valence-corrected chi connectivity index (χ1v) is 8.35. The second kappa shape index (κ2) is 6.48. The van der Waals surface area contributed by atoms with E-state index in [-0.39, 0.29) is 17.8 Å². The van der Waals surface area contributed by atoms with Crippen molar-refractivity contribution >= 4 is 22.5 Å². The Morgan fingerprint density at radius 2 is 1.83 bits per heavy atom. The minimum Gasteiger partial charge on any atom is -0.503 e. The van der Waals surface area contributed by atoms with Crippen LogP contribution in [-0.4, -0.2) is 28.2 Å². The third kappa shape index (κ3) is 2.48. The fourth-order valence-corrected chi connectivity index (χ4v) is 3.41. The van der Waals surface area contributed by atoms with Crippen LogP contribution in [0.5, 0.6) is 0 Å². The van der Waals surface area contributed by atoms with Gasteiger partial charge in [0, 0.05) is 13.0 Å². The van der Waals surface area contributed by atoms with Crippen LogP contribution < -0.4 is 0 Å². The van der Waals surface area contributed by atoms with Gasteiger partial charge in [-0.1, -0.05) is 56.3 Å². The Balaban J connectivity index is 2.23. The lowest BCUT2D eigenvalue weighted by Gasteiger charge is -2.27. The summed E-state index contributed by atoms with van der Waals surface area (Å²) >= 11 is 0. The number of ketones is 1. The standard InChI is InChI=1S/C20H21NO3/c1-3-12-21-18(17(16(22)4-2)19(23)20(21)24)15-11-7-9-13-8-5-6-10-14(13)15/h5-11,18,23H,3-4,12H2,1-2H3. The van der Waals surface area contributed by atoms with Crippen molar-refractivity contribution < 1.29 is 14.7 Å². The van der Waals surface area contributed by atoms with Gasteiger partial charge in [0.25, 0.3) is 5.91 Å². The third-order valence-electron chi connectivity index (χ3n) is 4.51. The van der Waals surface area contributed by atoms with E-state index >= 15 is 0 Å². The lowest BCUT2D eigenvalue weighted by Crippen LogP contribution is -2.31. The van der Waals surface area contributed by atoms with E-state index in [9.17, 15) is 14.7 Å². The largest absolute Gasteiger partial charge is 0.503 e. The van der Waals surface area contributed by atoms with Crippen molar-refractivity contribution in [1.29, 1.82) is 0 Å². The molecule has 1 atom stereocenters. The molecule has 1 aliphatic heterocycles. The topological polar surface area (TPSA) is 57.6 Å². The molecule has 2 aromatic rings. The first kappa shape index (κ1) is 16.2. The van der Waals surface area contributed by atoms with Crippen molar-refractivity contribution in [2.45, 2.75) is 32.7 Å². The molecule has 0 radical (unpaired) electrons. The number of Topliss-reactive ketones (excluding diaryl/α,β-unsaturated/α-hetero) is 1. The Morgan fingerprint density at radius 1 is 1.12 bits per heavy atom. The van der Waals surface area contributed by atoms with E-state index in [2.05, 4.69) is 0 Å². The number of carbonyl (C=O) groups is 2. The van der Waals surface area contributed by atoms with Crippen molar-refractivity contribution in [2.24, 2.45) is 0 Å². The predicted octanol–water partition coefficient (Wildman–Crippen LogP) is 3.92. The Hall–Kier alpha value is -2.62. The van der Waals surface area contributed by atoms with Crippen molar-refractivity contribution in [1.82, 2.24) is 4.90 Å². The van der Waals surface area contributed by atoms with Crippen molar-refractivity contribution in [3.8, 4) is 0 Å². The molecule has 0 saturated carbocycles. The van der Waals surface area contributed by atoms with E-state index in [4.69, 9.17) is 0 Å². The summed E-state index contributed by atoms with van der Waals surface area (Å²) < 4.78 is 0. The highest BCUT2D eigenvalue weighted by Crippen LogP contribution is 2.40. The molecule has 0 bridgehead atoms. The second-order valence-corrected chi connectivity index (χ2v) is 6.01. The number of benzene rings is 2. The van der Waals surface area contributed by atoms with Crippen LogP contribution in [0, 0.1) is 0 Å². The van der Waals surface area contributed by atoms with Gasteiger partial charge in [0.15, 0.2) is 11.5 Å². The highest BCUT2D eigenvalue weighted by atomic mass is 16.3. The summed E-state index contributed by atoms with van der Waals surface area (Å²) in [4.78, 5) is 26.6. The Labute approximate surface area is 141 Å². The summed E-state index contributed by atoms with van der Waals surface area (Å²) in [6.45, 7) is 4.22. The molecule has 1 aliphatic rings. The lowest BCUT2D eigenvalue weighted by molar-refractivity contribution is -0.129. The zero-order valence-corrected chi connectivity index (χ0v) is 14.0. The lowest BCUT2D eigenvalue weighted by atomic mass is 9.91. The molecule has 1 unspecified atom stereocenters. The summed E-state index contributed by atoms with van der Waals surface area (Å²) in [6.07, 6.45) is 1.02. The zero-order valence-electron chi connectivity index (χ0n) is 14.0. The number of hydrogen-bond acceptors (Lipinski definition) is 3. The monoisotopic (exact) mass is 323 g/mol. The maximum atomic E-state index is 12.5. The number of aliphatic hydroxyl groups is 1. The fraction of sp³-hybridized carbons (Fsp3) is 0.300. The summed E-state index contributed by atoms with van der Waals surface area (Å²) in [5.74, 6) is -1.03. The number of nitrogens with zero attached hydrogens (tertiary/aromatic N) is 1. The predicted molar refractivity (Wildman–Crippen MR) is 93.6 cm³/mol. The number of rotatable bonds is 5. The molecule has 0 spiro atoms. The first-order chi connectivity index (χ1) is 11.6. The molecule has 24 heavy (non-hydrogen) atoms. The molecule has 1 heterocycles. The molecule has 0 aliphatic carbocycles. The van der Waals surface area contributed by atoms with Gasteiger partial charge in [0.05, 0.1) is 11.6 Å². The van der Waals surface area contributed by atoms with Gasteiger partial charge in [0.2, 0.25) is 0 Å². The van der Waals surface area contributed by atoms with E-state index in [1.165, 1.54) is 0 Å². The second-order valence-electron chi connectivity index (χ2n) is 6.01. The smallest absolute Gasteiger partial charge is 0.290 e. The number of aliphatic hydroxyl groups excluding tert-OH is 1. The van der Waals surface area contributed by atoms with E-state index < -0.39 is 17.7 Å². The highest BCUT2D eigenvalue weighted by molar-refractivity contribution is 6.09. The summed E-state index contributed by atoms with van der Waals surface area (Å²) in [6, 6.07) is 13.2. The van der Waals surface area contributed by atoms with Gasteiger partial charge in [-0.15, -0.1) is 0 Å². The highest BCUT2D eigenvalue weighted by Gasteiger charge is 2.42. The first-order valence-electron chi connectivity index (χ1n) is 8.35. The third-order valence-corrected chi connectivity index (χ3v) is 4.51. The number of fused-ring (bicyclic) bond motifs is 1. The van der Waals surface area contributed by atoms with Crippen LogP contribution in [0.25, 0.3) is 10.8 Å². The molecule has 124 valence electrons. The molecular formula is C20H21NO3. The average Bonchev–Trinajstić information content (AvgIpc) is 2.86. The molecule has 1 amide bonds. The Bertz CT molecular complexity index is 832. The molecule has 4 heteroatoms. The van der Waals surface area contributed by atoms with Crippen molar-refractivity contribution in [2.75, 3.05) is 6.54 Å². The van der Waals surface area contributed by atoms with Gasteiger partial charge < -0.3 is 10.0 Å². The Kier molecular flexibility index (Phi) is 4.38. The molecule has 0 fully saturated rings. The van der Waals surface area contributed by atoms with E-state index in [0.717, 1.165) is 22.8 Å². The minimum atomic E-state index is -0.518. The van der Waals surface area contributed by atoms with Gasteiger partial charge in [0.1, 0.15) is 0 Å². The maximum absolute atomic E-state index is 12.5. The molecular weight excluding hydrogens is 302 g/mol. The maximum Gasteiger partial charge on any atom is 0.290 e.